The molecule has 0 fully saturated rings. The van der Waals surface area contributed by atoms with Crippen molar-refractivity contribution in [3.8, 4) is 22.6 Å². The number of imidazole rings is 1. The maximum atomic E-state index is 4.73. The average molecular weight is 374 g/mol. The van der Waals surface area contributed by atoms with Crippen LogP contribution in [0.3, 0.4) is 0 Å². The summed E-state index contributed by atoms with van der Waals surface area (Å²) in [5.41, 5.74) is 5.58. The summed E-state index contributed by atoms with van der Waals surface area (Å²) in [5.74, 6) is 0.742. The topological polar surface area (TPSA) is 72.3 Å². The normalized spacial score (nSPS) is 11.6. The van der Waals surface area contributed by atoms with Crippen LogP contribution >= 0.6 is 0 Å². The molecular formula is C22H15BN6. The van der Waals surface area contributed by atoms with Gasteiger partial charge in [0.15, 0.2) is 5.82 Å². The number of benzene rings is 2. The fourth-order valence-electron chi connectivity index (χ4n) is 3.87. The Hall–Kier alpha value is -4.00. The first-order valence-electron chi connectivity index (χ1n) is 9.39. The van der Waals surface area contributed by atoms with Crippen molar-refractivity contribution in [2.45, 2.75) is 0 Å². The number of hydrogen-bond acceptors (Lipinski definition) is 4. The lowest BCUT2D eigenvalue weighted by Crippen LogP contribution is -1.95. The number of H-pyrrole nitrogens is 1. The highest BCUT2D eigenvalue weighted by molar-refractivity contribution is 6.12. The highest BCUT2D eigenvalue weighted by Gasteiger charge is 2.16. The first-order chi connectivity index (χ1) is 14.3. The van der Waals surface area contributed by atoms with E-state index in [1.54, 1.807) is 4.59 Å². The van der Waals surface area contributed by atoms with Crippen molar-refractivity contribution < 1.29 is 0 Å². The molecule has 0 saturated carbocycles. The van der Waals surface area contributed by atoms with Crippen molar-refractivity contribution >= 4 is 40.8 Å². The van der Waals surface area contributed by atoms with Gasteiger partial charge in [0.05, 0.1) is 11.0 Å². The summed E-state index contributed by atoms with van der Waals surface area (Å²) >= 11 is 0. The Morgan fingerprint density at radius 2 is 1.76 bits per heavy atom. The molecule has 7 heteroatoms. The molecule has 0 aliphatic heterocycles. The Bertz CT molecular complexity index is 1490. The van der Waals surface area contributed by atoms with Gasteiger partial charge in [-0.05, 0) is 23.6 Å². The van der Waals surface area contributed by atoms with Crippen molar-refractivity contribution in [3.05, 3.63) is 73.2 Å². The Balaban J connectivity index is 1.60. The zero-order chi connectivity index (χ0) is 19.4. The van der Waals surface area contributed by atoms with E-state index in [2.05, 4.69) is 28.2 Å². The second-order valence-electron chi connectivity index (χ2n) is 7.08. The molecule has 1 N–H and O–H groups in total. The van der Waals surface area contributed by atoms with E-state index in [9.17, 15) is 0 Å². The van der Waals surface area contributed by atoms with Crippen molar-refractivity contribution in [3.63, 3.8) is 0 Å². The Kier molecular flexibility index (Phi) is 3.31. The Morgan fingerprint density at radius 1 is 0.897 bits per heavy atom. The summed E-state index contributed by atoms with van der Waals surface area (Å²) in [7, 11) is 1.90. The lowest BCUT2D eigenvalue weighted by Gasteiger charge is -2.06. The molecule has 0 bridgehead atoms. The third-order valence-corrected chi connectivity index (χ3v) is 5.27. The van der Waals surface area contributed by atoms with E-state index in [4.69, 9.17) is 15.1 Å². The minimum absolute atomic E-state index is 0.742. The lowest BCUT2D eigenvalue weighted by atomic mass is 10.0. The number of aromatic amines is 1. The molecule has 29 heavy (non-hydrogen) atoms. The maximum Gasteiger partial charge on any atom is 0.251 e. The molecule has 0 unspecified atom stereocenters. The van der Waals surface area contributed by atoms with Crippen LogP contribution in [0.15, 0.2) is 73.2 Å². The first-order valence-corrected chi connectivity index (χ1v) is 9.39. The quantitative estimate of drug-likeness (QED) is 0.470. The zero-order valence-corrected chi connectivity index (χ0v) is 15.7. The molecule has 0 aliphatic carbocycles. The van der Waals surface area contributed by atoms with E-state index in [1.165, 1.54) is 0 Å². The highest BCUT2D eigenvalue weighted by Crippen LogP contribution is 2.32. The summed E-state index contributed by atoms with van der Waals surface area (Å²) in [4.78, 5) is 17.2. The van der Waals surface area contributed by atoms with Gasteiger partial charge in [-0.3, -0.25) is 4.98 Å². The fraction of sp³-hybridized carbons (Fsp3) is 0. The van der Waals surface area contributed by atoms with Crippen LogP contribution < -0.4 is 0 Å². The van der Waals surface area contributed by atoms with Crippen LogP contribution in [0.5, 0.6) is 0 Å². The number of nitrogens with one attached hydrogen (secondary N) is 1. The van der Waals surface area contributed by atoms with Crippen LogP contribution in [0.25, 0.3) is 55.5 Å². The summed E-state index contributed by atoms with van der Waals surface area (Å²) < 4.78 is 1.79. The smallest absolute Gasteiger partial charge is 0.251 e. The maximum absolute atomic E-state index is 4.73. The van der Waals surface area contributed by atoms with Gasteiger partial charge in [-0.25, -0.2) is 9.97 Å². The predicted molar refractivity (Wildman–Crippen MR) is 117 cm³/mol. The molecule has 4 aromatic heterocycles. The molecule has 0 atom stereocenters. The fourth-order valence-corrected chi connectivity index (χ4v) is 3.87. The molecular weight excluding hydrogens is 359 g/mol. The number of pyridine rings is 2. The number of hydrogen-bond donors (Lipinski definition) is 1. The molecule has 4 heterocycles. The van der Waals surface area contributed by atoms with Gasteiger partial charge in [0.1, 0.15) is 11.3 Å². The van der Waals surface area contributed by atoms with Gasteiger partial charge in [0.2, 0.25) is 0 Å². The number of aromatic nitrogens is 6. The van der Waals surface area contributed by atoms with E-state index in [-0.39, 0.29) is 0 Å². The second-order valence-corrected chi connectivity index (χ2v) is 7.08. The van der Waals surface area contributed by atoms with Crippen LogP contribution in [0, 0.1) is 0 Å². The third kappa shape index (κ3) is 2.44. The van der Waals surface area contributed by atoms with E-state index in [0.29, 0.717) is 0 Å². The molecule has 0 spiro atoms. The molecule has 6 nitrogen and oxygen atoms in total. The monoisotopic (exact) mass is 374 g/mol. The van der Waals surface area contributed by atoms with Gasteiger partial charge in [0.25, 0.3) is 7.98 Å². The van der Waals surface area contributed by atoms with Gasteiger partial charge in [-0.1, -0.05) is 36.4 Å². The van der Waals surface area contributed by atoms with Crippen LogP contribution in [0.2, 0.25) is 0 Å². The molecule has 0 aliphatic rings. The third-order valence-electron chi connectivity index (χ3n) is 5.27. The van der Waals surface area contributed by atoms with E-state index in [1.807, 2.05) is 63.0 Å². The van der Waals surface area contributed by atoms with Crippen LogP contribution in [-0.2, 0) is 0 Å². The van der Waals surface area contributed by atoms with Crippen molar-refractivity contribution in [1.82, 2.24) is 29.6 Å². The minimum atomic E-state index is 0.742. The standard InChI is InChI=1S/C22H15BN6/c23-29-22-16(20(28-29)21-26-18-7-3-4-8-19(18)27-21)9-14(11-25-22)17-12-24-10-13-5-1-2-6-15(13)17/h1-12H,23H2,(H,26,27). The molecule has 0 radical (unpaired) electrons. The van der Waals surface area contributed by atoms with E-state index >= 15 is 0 Å². The summed E-state index contributed by atoms with van der Waals surface area (Å²) in [5, 5.41) is 7.91. The van der Waals surface area contributed by atoms with Gasteiger partial charge in [-0.15, -0.1) is 0 Å². The molecule has 6 aromatic rings. The number of nitrogens with zero attached hydrogens (tertiary/aromatic N) is 5. The van der Waals surface area contributed by atoms with Crippen molar-refractivity contribution in [1.29, 1.82) is 0 Å². The number of fused-ring (bicyclic) bond motifs is 3. The molecule has 136 valence electrons. The highest BCUT2D eigenvalue weighted by atomic mass is 15.3. The van der Waals surface area contributed by atoms with Crippen LogP contribution in [0.1, 0.15) is 0 Å². The number of rotatable bonds is 2. The summed E-state index contributed by atoms with van der Waals surface area (Å²) in [6.45, 7) is 0. The van der Waals surface area contributed by atoms with Crippen molar-refractivity contribution in [2.24, 2.45) is 0 Å². The Labute approximate surface area is 166 Å². The second kappa shape index (κ2) is 6.00. The molecule has 2 aromatic carbocycles. The molecule has 0 saturated heterocycles. The molecule has 6 rings (SSSR count). The van der Waals surface area contributed by atoms with Gasteiger partial charge in [0, 0.05) is 40.5 Å². The molecule has 0 amide bonds. The number of para-hydroxylation sites is 2. The minimum Gasteiger partial charge on any atom is -0.337 e. The van der Waals surface area contributed by atoms with Gasteiger partial charge in [-0.2, -0.15) is 5.10 Å². The summed E-state index contributed by atoms with van der Waals surface area (Å²) in [6.07, 6.45) is 5.66. The van der Waals surface area contributed by atoms with Crippen LogP contribution in [-0.4, -0.2) is 37.6 Å². The van der Waals surface area contributed by atoms with Gasteiger partial charge >= 0.3 is 0 Å². The largest absolute Gasteiger partial charge is 0.337 e. The lowest BCUT2D eigenvalue weighted by molar-refractivity contribution is 1.00. The SMILES string of the molecule is Bn1nc(-c2nc3ccccc3[nH]2)c2cc(-c3cncc4ccccc34)cnc21. The van der Waals surface area contributed by atoms with E-state index < -0.39 is 0 Å². The Morgan fingerprint density at radius 3 is 2.69 bits per heavy atom. The predicted octanol–water partition coefficient (Wildman–Crippen LogP) is 3.59. The van der Waals surface area contributed by atoms with Crippen LogP contribution in [0.4, 0.5) is 0 Å². The van der Waals surface area contributed by atoms with E-state index in [0.717, 1.165) is 55.5 Å². The van der Waals surface area contributed by atoms with Crippen molar-refractivity contribution in [2.75, 3.05) is 0 Å². The zero-order valence-electron chi connectivity index (χ0n) is 15.7. The van der Waals surface area contributed by atoms with Gasteiger partial charge < -0.3 is 9.58 Å². The first kappa shape index (κ1) is 16.0. The average Bonchev–Trinajstić information content (AvgIpc) is 3.34. The summed E-state index contributed by atoms with van der Waals surface area (Å²) in [6, 6.07) is 18.4.